The van der Waals surface area contributed by atoms with E-state index < -0.39 is 0 Å². The Labute approximate surface area is 172 Å². The zero-order valence-electron chi connectivity index (χ0n) is 15.3. The van der Waals surface area contributed by atoms with Crippen LogP contribution in [0.25, 0.3) is 11.9 Å². The van der Waals surface area contributed by atoms with Gasteiger partial charge in [-0.25, -0.2) is 9.98 Å². The Morgan fingerprint density at radius 3 is 2.68 bits per heavy atom. The number of pyridine rings is 1. The monoisotopic (exact) mass is 408 g/mol. The first-order valence-electron chi connectivity index (χ1n) is 8.67. The number of thioether (sulfide) groups is 1. The Balaban J connectivity index is 1.63. The Bertz CT molecular complexity index is 1100. The van der Waals surface area contributed by atoms with Crippen LogP contribution in [0.1, 0.15) is 17.0 Å². The molecule has 2 aromatic heterocycles. The van der Waals surface area contributed by atoms with Gasteiger partial charge >= 0.3 is 0 Å². The van der Waals surface area contributed by atoms with E-state index in [2.05, 4.69) is 25.9 Å². The minimum absolute atomic E-state index is 0.152. The molecule has 3 aromatic rings. The lowest BCUT2D eigenvalue weighted by Gasteiger charge is -2.07. The molecule has 28 heavy (non-hydrogen) atoms. The lowest BCUT2D eigenvalue weighted by Crippen LogP contribution is -2.19. The fourth-order valence-electron chi connectivity index (χ4n) is 3.03. The standard InChI is InChI=1S/C21H17ClN4OS/c1-13-11-15(14(2)26(13)19-5-3-4-10-23-19)12-18-20(27)25-21(28-18)24-17-8-6-16(22)7-9-17/h3-12H,1-2H3,(H,24,25,27)/b18-12-. The van der Waals surface area contributed by atoms with Gasteiger partial charge in [-0.05, 0) is 79.7 Å². The summed E-state index contributed by atoms with van der Waals surface area (Å²) in [4.78, 5) is 21.9. The summed E-state index contributed by atoms with van der Waals surface area (Å²) in [5, 5.41) is 4.02. The second kappa shape index (κ2) is 7.66. The predicted octanol–water partition coefficient (Wildman–Crippen LogP) is 5.03. The molecular weight excluding hydrogens is 392 g/mol. The Morgan fingerprint density at radius 2 is 1.96 bits per heavy atom. The number of aromatic nitrogens is 2. The predicted molar refractivity (Wildman–Crippen MR) is 115 cm³/mol. The van der Waals surface area contributed by atoms with Gasteiger partial charge in [0.05, 0.1) is 10.6 Å². The quantitative estimate of drug-likeness (QED) is 0.618. The van der Waals surface area contributed by atoms with Gasteiger partial charge in [-0.3, -0.25) is 4.79 Å². The summed E-state index contributed by atoms with van der Waals surface area (Å²) >= 11 is 7.22. The van der Waals surface area contributed by atoms with Crippen molar-refractivity contribution in [3.05, 3.63) is 81.6 Å². The lowest BCUT2D eigenvalue weighted by molar-refractivity contribution is -0.115. The first-order chi connectivity index (χ1) is 13.5. The highest BCUT2D eigenvalue weighted by atomic mass is 35.5. The number of carbonyl (C=O) groups excluding carboxylic acids is 1. The summed E-state index contributed by atoms with van der Waals surface area (Å²) in [7, 11) is 0. The fraction of sp³-hybridized carbons (Fsp3) is 0.0952. The molecule has 3 heterocycles. The molecule has 0 spiro atoms. The van der Waals surface area contributed by atoms with E-state index >= 15 is 0 Å². The number of halogens is 1. The summed E-state index contributed by atoms with van der Waals surface area (Å²) in [5.74, 6) is 0.705. The smallest absolute Gasteiger partial charge is 0.264 e. The third kappa shape index (κ3) is 3.74. The van der Waals surface area contributed by atoms with Crippen molar-refractivity contribution in [1.29, 1.82) is 0 Å². The molecule has 1 aliphatic heterocycles. The van der Waals surface area contributed by atoms with Crippen molar-refractivity contribution in [2.24, 2.45) is 4.99 Å². The normalized spacial score (nSPS) is 16.8. The highest BCUT2D eigenvalue weighted by molar-refractivity contribution is 8.18. The summed E-state index contributed by atoms with van der Waals surface area (Å²) < 4.78 is 2.08. The maximum atomic E-state index is 12.4. The van der Waals surface area contributed by atoms with Crippen LogP contribution in [0.4, 0.5) is 5.69 Å². The average molecular weight is 409 g/mol. The first-order valence-corrected chi connectivity index (χ1v) is 9.86. The number of rotatable bonds is 3. The van der Waals surface area contributed by atoms with Crippen LogP contribution in [0.2, 0.25) is 5.02 Å². The number of amidine groups is 1. The second-order valence-electron chi connectivity index (χ2n) is 6.31. The number of amides is 1. The minimum Gasteiger partial charge on any atom is -0.303 e. The number of nitrogens with one attached hydrogen (secondary N) is 1. The number of nitrogens with zero attached hydrogens (tertiary/aromatic N) is 3. The highest BCUT2D eigenvalue weighted by Crippen LogP contribution is 2.30. The van der Waals surface area contributed by atoms with Crippen LogP contribution in [0.3, 0.4) is 0 Å². The van der Waals surface area contributed by atoms with Crippen LogP contribution in [0.5, 0.6) is 0 Å². The van der Waals surface area contributed by atoms with Crippen LogP contribution in [0, 0.1) is 13.8 Å². The van der Waals surface area contributed by atoms with Gasteiger partial charge in [0.2, 0.25) is 0 Å². The summed E-state index contributed by atoms with van der Waals surface area (Å²) in [6.45, 7) is 4.05. The third-order valence-corrected chi connectivity index (χ3v) is 5.51. The van der Waals surface area contributed by atoms with Gasteiger partial charge in [-0.2, -0.15) is 0 Å². The highest BCUT2D eigenvalue weighted by Gasteiger charge is 2.24. The molecular formula is C21H17ClN4OS. The SMILES string of the molecule is Cc1cc(/C=C2\SC(=Nc3ccc(Cl)cc3)NC2=O)c(C)n1-c1ccccn1. The fourth-order valence-corrected chi connectivity index (χ4v) is 3.99. The van der Waals surface area contributed by atoms with Crippen molar-refractivity contribution >= 4 is 46.2 Å². The van der Waals surface area contributed by atoms with Gasteiger partial charge in [0.25, 0.3) is 5.91 Å². The Hall–Kier alpha value is -2.83. The van der Waals surface area contributed by atoms with Crippen LogP contribution >= 0.6 is 23.4 Å². The van der Waals surface area contributed by atoms with Gasteiger partial charge in [-0.1, -0.05) is 17.7 Å². The summed E-state index contributed by atoms with van der Waals surface area (Å²) in [6.07, 6.45) is 3.66. The van der Waals surface area contributed by atoms with Crippen LogP contribution in [-0.2, 0) is 4.79 Å². The molecule has 1 amide bonds. The van der Waals surface area contributed by atoms with Crippen molar-refractivity contribution < 1.29 is 4.79 Å². The van der Waals surface area contributed by atoms with Crippen molar-refractivity contribution in [2.45, 2.75) is 13.8 Å². The van der Waals surface area contributed by atoms with Crippen molar-refractivity contribution in [1.82, 2.24) is 14.9 Å². The summed E-state index contributed by atoms with van der Waals surface area (Å²) in [5.41, 5.74) is 3.80. The molecule has 7 heteroatoms. The topological polar surface area (TPSA) is 59.3 Å². The maximum Gasteiger partial charge on any atom is 0.264 e. The average Bonchev–Trinajstić information content (AvgIpc) is 3.16. The molecule has 140 valence electrons. The summed E-state index contributed by atoms with van der Waals surface area (Å²) in [6, 6.07) is 15.0. The van der Waals surface area contributed by atoms with Gasteiger partial charge < -0.3 is 9.88 Å². The van der Waals surface area contributed by atoms with Crippen molar-refractivity contribution in [3.63, 3.8) is 0 Å². The van der Waals surface area contributed by atoms with Crippen LogP contribution in [0.15, 0.2) is 64.6 Å². The van der Waals surface area contributed by atoms with E-state index in [4.69, 9.17) is 11.6 Å². The number of aryl methyl sites for hydroxylation is 1. The van der Waals surface area contributed by atoms with Crippen molar-refractivity contribution in [2.75, 3.05) is 0 Å². The molecule has 0 bridgehead atoms. The second-order valence-corrected chi connectivity index (χ2v) is 7.78. The lowest BCUT2D eigenvalue weighted by atomic mass is 10.2. The number of hydrogen-bond donors (Lipinski definition) is 1. The Morgan fingerprint density at radius 1 is 1.18 bits per heavy atom. The molecule has 1 aliphatic rings. The van der Waals surface area contributed by atoms with Gasteiger partial charge in [0, 0.05) is 22.6 Å². The molecule has 0 atom stereocenters. The number of hydrogen-bond acceptors (Lipinski definition) is 4. The molecule has 1 aromatic carbocycles. The van der Waals surface area contributed by atoms with E-state index in [1.54, 1.807) is 18.3 Å². The molecule has 0 unspecified atom stereocenters. The molecule has 0 aliphatic carbocycles. The van der Waals surface area contributed by atoms with Gasteiger partial charge in [0.15, 0.2) is 5.17 Å². The number of aliphatic imine (C=N–C) groups is 1. The van der Waals surface area contributed by atoms with Crippen LogP contribution in [-0.4, -0.2) is 20.6 Å². The molecule has 5 nitrogen and oxygen atoms in total. The van der Waals surface area contributed by atoms with E-state index in [1.807, 2.05) is 50.3 Å². The number of benzene rings is 1. The van der Waals surface area contributed by atoms with E-state index in [1.165, 1.54) is 11.8 Å². The van der Waals surface area contributed by atoms with Crippen molar-refractivity contribution in [3.8, 4) is 5.82 Å². The molecule has 1 saturated heterocycles. The zero-order chi connectivity index (χ0) is 19.7. The van der Waals surface area contributed by atoms with E-state index in [9.17, 15) is 4.79 Å². The molecule has 4 rings (SSSR count). The molecule has 1 N–H and O–H groups in total. The van der Waals surface area contributed by atoms with E-state index in [-0.39, 0.29) is 5.91 Å². The molecule has 0 radical (unpaired) electrons. The molecule has 1 fully saturated rings. The zero-order valence-corrected chi connectivity index (χ0v) is 16.9. The first kappa shape index (κ1) is 18.5. The van der Waals surface area contributed by atoms with E-state index in [0.29, 0.717) is 15.1 Å². The van der Waals surface area contributed by atoms with Gasteiger partial charge in [0.1, 0.15) is 5.82 Å². The van der Waals surface area contributed by atoms with E-state index in [0.717, 1.165) is 28.5 Å². The minimum atomic E-state index is -0.152. The number of carbonyl (C=O) groups is 1. The Kier molecular flexibility index (Phi) is 5.07. The largest absolute Gasteiger partial charge is 0.303 e. The van der Waals surface area contributed by atoms with Crippen LogP contribution < -0.4 is 5.32 Å². The maximum absolute atomic E-state index is 12.4. The third-order valence-electron chi connectivity index (χ3n) is 4.34. The molecule has 0 saturated carbocycles. The van der Waals surface area contributed by atoms with Gasteiger partial charge in [-0.15, -0.1) is 0 Å².